The summed E-state index contributed by atoms with van der Waals surface area (Å²) in [5.74, 6) is 1.27. The van der Waals surface area contributed by atoms with Crippen molar-refractivity contribution in [2.24, 2.45) is 5.10 Å². The molecule has 8 heteroatoms. The second kappa shape index (κ2) is 7.63. The molecule has 0 amide bonds. The number of halogens is 1. The third-order valence-corrected chi connectivity index (χ3v) is 4.91. The number of rotatable bonds is 6. The number of benzene rings is 2. The Kier molecular flexibility index (Phi) is 4.90. The molecular weight excluding hydrogens is 368 g/mol. The number of fused-ring (bicyclic) bond motifs is 1. The number of hydrogen-bond donors (Lipinski definition) is 3. The minimum absolute atomic E-state index is 0.500. The van der Waals surface area contributed by atoms with Gasteiger partial charge in [0.05, 0.1) is 6.21 Å². The van der Waals surface area contributed by atoms with Gasteiger partial charge >= 0.3 is 0 Å². The van der Waals surface area contributed by atoms with E-state index in [0.717, 1.165) is 32.8 Å². The molecule has 0 aliphatic heterocycles. The number of aromatic nitrogens is 4. The van der Waals surface area contributed by atoms with Crippen LogP contribution in [0.15, 0.2) is 65.0 Å². The van der Waals surface area contributed by atoms with Gasteiger partial charge in [-0.05, 0) is 23.8 Å². The molecule has 0 aliphatic carbocycles. The van der Waals surface area contributed by atoms with E-state index >= 15 is 0 Å². The summed E-state index contributed by atoms with van der Waals surface area (Å²) in [6.45, 7) is 0. The fraction of sp³-hybridized carbons (Fsp3) is 0.0556. The van der Waals surface area contributed by atoms with E-state index in [9.17, 15) is 0 Å². The Labute approximate surface area is 159 Å². The maximum absolute atomic E-state index is 5.89. The second-order valence-corrected chi connectivity index (χ2v) is 6.92. The lowest BCUT2D eigenvalue weighted by Gasteiger charge is -1.98. The molecule has 0 saturated heterocycles. The largest absolute Gasteiger partial charge is 0.361 e. The lowest BCUT2D eigenvalue weighted by molar-refractivity contribution is 0.972. The molecule has 4 aromatic rings. The molecule has 130 valence electrons. The van der Waals surface area contributed by atoms with Crippen LogP contribution in [0.5, 0.6) is 0 Å². The van der Waals surface area contributed by atoms with Gasteiger partial charge in [-0.2, -0.15) is 10.1 Å². The van der Waals surface area contributed by atoms with Crippen LogP contribution in [0.4, 0.5) is 5.95 Å². The van der Waals surface area contributed by atoms with Gasteiger partial charge in [0.15, 0.2) is 0 Å². The van der Waals surface area contributed by atoms with Crippen molar-refractivity contribution in [3.8, 4) is 0 Å². The predicted molar refractivity (Wildman–Crippen MR) is 107 cm³/mol. The Morgan fingerprint density at radius 1 is 1.15 bits per heavy atom. The molecule has 0 unspecified atom stereocenters. The van der Waals surface area contributed by atoms with Crippen LogP contribution in [0.25, 0.3) is 10.9 Å². The van der Waals surface area contributed by atoms with Gasteiger partial charge in [0.2, 0.25) is 11.1 Å². The molecule has 2 aromatic heterocycles. The first-order valence-corrected chi connectivity index (χ1v) is 9.29. The van der Waals surface area contributed by atoms with Gasteiger partial charge in [0, 0.05) is 33.4 Å². The van der Waals surface area contributed by atoms with Crippen molar-refractivity contribution in [2.75, 3.05) is 5.43 Å². The van der Waals surface area contributed by atoms with Gasteiger partial charge in [-0.1, -0.05) is 53.7 Å². The topological polar surface area (TPSA) is 81.8 Å². The smallest absolute Gasteiger partial charge is 0.240 e. The molecular formula is C18H15ClN6S. The van der Waals surface area contributed by atoms with Gasteiger partial charge < -0.3 is 4.98 Å². The van der Waals surface area contributed by atoms with Crippen LogP contribution < -0.4 is 5.43 Å². The van der Waals surface area contributed by atoms with Gasteiger partial charge in [-0.3, -0.25) is 0 Å². The monoisotopic (exact) mass is 382 g/mol. The van der Waals surface area contributed by atoms with E-state index in [4.69, 9.17) is 11.6 Å². The van der Waals surface area contributed by atoms with Gasteiger partial charge in [0.25, 0.3) is 0 Å². The summed E-state index contributed by atoms with van der Waals surface area (Å²) < 4.78 is 0. The summed E-state index contributed by atoms with van der Waals surface area (Å²) in [5, 5.41) is 13.7. The molecule has 3 N–H and O–H groups in total. The maximum atomic E-state index is 5.89. The minimum Gasteiger partial charge on any atom is -0.361 e. The van der Waals surface area contributed by atoms with Crippen LogP contribution in [0, 0.1) is 0 Å². The van der Waals surface area contributed by atoms with Crippen molar-refractivity contribution in [1.29, 1.82) is 0 Å². The van der Waals surface area contributed by atoms with Crippen molar-refractivity contribution in [3.63, 3.8) is 0 Å². The average molecular weight is 383 g/mol. The highest BCUT2D eigenvalue weighted by Crippen LogP contribution is 2.21. The van der Waals surface area contributed by atoms with E-state index in [2.05, 4.69) is 30.7 Å². The van der Waals surface area contributed by atoms with Crippen LogP contribution >= 0.6 is 23.4 Å². The highest BCUT2D eigenvalue weighted by Gasteiger charge is 2.04. The Balaban J connectivity index is 1.35. The number of aromatic amines is 2. The zero-order valence-electron chi connectivity index (χ0n) is 13.6. The zero-order chi connectivity index (χ0) is 17.8. The third kappa shape index (κ3) is 3.89. The fourth-order valence-electron chi connectivity index (χ4n) is 2.45. The molecule has 6 nitrogen and oxygen atoms in total. The predicted octanol–water partition coefficient (Wildman–Crippen LogP) is 4.68. The van der Waals surface area contributed by atoms with Crippen molar-refractivity contribution >= 4 is 46.4 Å². The Morgan fingerprint density at radius 2 is 2.00 bits per heavy atom. The molecule has 26 heavy (non-hydrogen) atoms. The third-order valence-electron chi connectivity index (χ3n) is 3.74. The number of hydrogen-bond acceptors (Lipinski definition) is 5. The van der Waals surface area contributed by atoms with Crippen LogP contribution in [0.1, 0.15) is 11.1 Å². The first kappa shape index (κ1) is 16.7. The number of thioether (sulfide) groups is 1. The lowest BCUT2D eigenvalue weighted by Crippen LogP contribution is -1.92. The first-order valence-electron chi connectivity index (χ1n) is 7.93. The van der Waals surface area contributed by atoms with E-state index in [1.165, 1.54) is 11.8 Å². The highest BCUT2D eigenvalue weighted by atomic mass is 35.5. The summed E-state index contributed by atoms with van der Waals surface area (Å²) in [5.41, 5.74) is 6.12. The van der Waals surface area contributed by atoms with E-state index in [0.29, 0.717) is 11.1 Å². The summed E-state index contributed by atoms with van der Waals surface area (Å²) in [4.78, 5) is 7.57. The molecule has 0 spiro atoms. The Morgan fingerprint density at radius 3 is 2.88 bits per heavy atom. The number of anilines is 1. The van der Waals surface area contributed by atoms with Gasteiger partial charge in [-0.25, -0.2) is 10.5 Å². The minimum atomic E-state index is 0.500. The van der Waals surface area contributed by atoms with Crippen LogP contribution in [-0.4, -0.2) is 26.4 Å². The van der Waals surface area contributed by atoms with E-state index in [1.54, 1.807) is 6.21 Å². The molecule has 0 aliphatic rings. The van der Waals surface area contributed by atoms with Crippen molar-refractivity contribution in [2.45, 2.75) is 10.9 Å². The van der Waals surface area contributed by atoms with Gasteiger partial charge in [0.1, 0.15) is 0 Å². The number of H-pyrrole nitrogens is 2. The summed E-state index contributed by atoms with van der Waals surface area (Å²) >= 11 is 7.43. The van der Waals surface area contributed by atoms with E-state index in [-0.39, 0.29) is 0 Å². The Bertz CT molecular complexity index is 1040. The zero-order valence-corrected chi connectivity index (χ0v) is 15.2. The quantitative estimate of drug-likeness (QED) is 0.257. The Hall–Kier alpha value is -2.77. The second-order valence-electron chi connectivity index (χ2n) is 5.54. The summed E-state index contributed by atoms with van der Waals surface area (Å²) in [7, 11) is 0. The molecule has 0 saturated carbocycles. The SMILES string of the molecule is Clc1ccc(CSc2n[nH]c(N/N=C/c3c[nH]c4ccccc34)n2)cc1. The molecule has 0 atom stereocenters. The first-order chi connectivity index (χ1) is 12.8. The van der Waals surface area contributed by atoms with Crippen LogP contribution in [-0.2, 0) is 5.75 Å². The normalized spacial score (nSPS) is 11.4. The van der Waals surface area contributed by atoms with Gasteiger partial charge in [-0.15, -0.1) is 5.10 Å². The average Bonchev–Trinajstić information content (AvgIpc) is 3.29. The lowest BCUT2D eigenvalue weighted by atomic mass is 10.2. The highest BCUT2D eigenvalue weighted by molar-refractivity contribution is 7.98. The maximum Gasteiger partial charge on any atom is 0.240 e. The summed E-state index contributed by atoms with van der Waals surface area (Å²) in [6.07, 6.45) is 3.67. The van der Waals surface area contributed by atoms with Crippen molar-refractivity contribution in [3.05, 3.63) is 70.9 Å². The molecule has 0 bridgehead atoms. The number of nitrogens with zero attached hydrogens (tertiary/aromatic N) is 3. The number of nitrogens with one attached hydrogen (secondary N) is 3. The standard InChI is InChI=1S/C18H15ClN6S/c19-14-7-5-12(6-8-14)11-26-18-22-17(24-25-18)23-21-10-13-9-20-16-4-2-1-3-15(13)16/h1-10,20H,11H2,(H2,22,23,24,25)/b21-10+. The van der Waals surface area contributed by atoms with Crippen molar-refractivity contribution < 1.29 is 0 Å². The molecule has 0 fully saturated rings. The van der Waals surface area contributed by atoms with E-state index in [1.807, 2.05) is 54.7 Å². The molecule has 2 aromatic carbocycles. The van der Waals surface area contributed by atoms with E-state index < -0.39 is 0 Å². The van der Waals surface area contributed by atoms with Crippen LogP contribution in [0.3, 0.4) is 0 Å². The summed E-state index contributed by atoms with van der Waals surface area (Å²) in [6, 6.07) is 15.8. The molecule has 4 rings (SSSR count). The van der Waals surface area contributed by atoms with Crippen LogP contribution in [0.2, 0.25) is 5.02 Å². The fourth-order valence-corrected chi connectivity index (χ4v) is 3.33. The molecule has 2 heterocycles. The molecule has 0 radical (unpaired) electrons. The van der Waals surface area contributed by atoms with Crippen molar-refractivity contribution in [1.82, 2.24) is 20.2 Å². The number of hydrazone groups is 1. The number of para-hydroxylation sites is 1.